The van der Waals surface area contributed by atoms with Crippen molar-refractivity contribution in [2.75, 3.05) is 31.2 Å². The third-order valence-electron chi connectivity index (χ3n) is 2.87. The van der Waals surface area contributed by atoms with Crippen molar-refractivity contribution in [3.63, 3.8) is 0 Å². The summed E-state index contributed by atoms with van der Waals surface area (Å²) in [4.78, 5) is 21.6. The Morgan fingerprint density at radius 3 is 2.83 bits per heavy atom. The summed E-state index contributed by atoms with van der Waals surface area (Å²) in [5.41, 5.74) is 0.815. The summed E-state index contributed by atoms with van der Waals surface area (Å²) in [6, 6.07) is 0. The molecule has 2 heterocycles. The van der Waals surface area contributed by atoms with Gasteiger partial charge in [-0.1, -0.05) is 13.3 Å². The van der Waals surface area contributed by atoms with Crippen LogP contribution in [0.4, 0.5) is 5.95 Å². The minimum atomic E-state index is -0.966. The van der Waals surface area contributed by atoms with Gasteiger partial charge in [-0.3, -0.25) is 0 Å². The maximum Gasteiger partial charge on any atom is 0.339 e. The molecule has 0 spiro atoms. The molecule has 0 aromatic carbocycles. The van der Waals surface area contributed by atoms with E-state index in [1.807, 2.05) is 11.8 Å². The second-order valence-corrected chi connectivity index (χ2v) is 4.18. The molecule has 1 saturated heterocycles. The molecule has 0 amide bonds. The Labute approximate surface area is 106 Å². The van der Waals surface area contributed by atoms with Crippen molar-refractivity contribution >= 4 is 11.9 Å². The molecule has 98 valence electrons. The Bertz CT molecular complexity index is 431. The van der Waals surface area contributed by atoms with E-state index in [4.69, 9.17) is 9.84 Å². The molecule has 1 N–H and O–H groups in total. The summed E-state index contributed by atoms with van der Waals surface area (Å²) >= 11 is 0. The molecule has 0 unspecified atom stereocenters. The van der Waals surface area contributed by atoms with Crippen LogP contribution in [0.15, 0.2) is 6.20 Å². The number of aromatic nitrogens is 2. The highest BCUT2D eigenvalue weighted by atomic mass is 16.5. The van der Waals surface area contributed by atoms with E-state index < -0.39 is 5.97 Å². The molecule has 0 radical (unpaired) electrons. The molecule has 0 atom stereocenters. The first-order valence-corrected chi connectivity index (χ1v) is 6.14. The number of anilines is 1. The van der Waals surface area contributed by atoms with Crippen molar-refractivity contribution in [1.82, 2.24) is 9.97 Å². The lowest BCUT2D eigenvalue weighted by Crippen LogP contribution is -2.37. The molecule has 1 aliphatic rings. The highest BCUT2D eigenvalue weighted by Crippen LogP contribution is 2.14. The Kier molecular flexibility index (Phi) is 4.09. The van der Waals surface area contributed by atoms with E-state index in [1.54, 1.807) is 0 Å². The van der Waals surface area contributed by atoms with Gasteiger partial charge in [0, 0.05) is 19.3 Å². The number of morpholine rings is 1. The van der Waals surface area contributed by atoms with Crippen molar-refractivity contribution in [2.45, 2.75) is 19.8 Å². The van der Waals surface area contributed by atoms with Crippen molar-refractivity contribution < 1.29 is 14.6 Å². The fourth-order valence-corrected chi connectivity index (χ4v) is 1.93. The molecule has 0 saturated carbocycles. The van der Waals surface area contributed by atoms with Gasteiger partial charge in [0.05, 0.1) is 24.5 Å². The van der Waals surface area contributed by atoms with Gasteiger partial charge in [0.2, 0.25) is 5.95 Å². The van der Waals surface area contributed by atoms with Gasteiger partial charge in [0.25, 0.3) is 0 Å². The number of aromatic carboxylic acids is 1. The highest BCUT2D eigenvalue weighted by Gasteiger charge is 2.18. The fourth-order valence-electron chi connectivity index (χ4n) is 1.93. The summed E-state index contributed by atoms with van der Waals surface area (Å²) < 4.78 is 5.27. The van der Waals surface area contributed by atoms with Gasteiger partial charge >= 0.3 is 5.97 Å². The van der Waals surface area contributed by atoms with E-state index in [-0.39, 0.29) is 5.56 Å². The maximum absolute atomic E-state index is 11.1. The van der Waals surface area contributed by atoms with E-state index in [9.17, 15) is 4.79 Å². The van der Waals surface area contributed by atoms with E-state index in [2.05, 4.69) is 9.97 Å². The second-order valence-electron chi connectivity index (χ2n) is 4.18. The lowest BCUT2D eigenvalue weighted by atomic mass is 10.1. The first-order valence-electron chi connectivity index (χ1n) is 6.14. The van der Waals surface area contributed by atoms with Gasteiger partial charge in [-0.25, -0.2) is 14.8 Å². The normalized spacial score (nSPS) is 15.7. The summed E-state index contributed by atoms with van der Waals surface area (Å²) in [6.45, 7) is 4.82. The van der Waals surface area contributed by atoms with Gasteiger partial charge in [-0.15, -0.1) is 0 Å². The molecule has 1 aromatic heterocycles. The lowest BCUT2D eigenvalue weighted by Gasteiger charge is -2.27. The Morgan fingerprint density at radius 2 is 2.22 bits per heavy atom. The van der Waals surface area contributed by atoms with Crippen molar-refractivity contribution in [3.05, 3.63) is 17.5 Å². The standard InChI is InChI=1S/C12H17N3O3/c1-2-3-10-9(11(16)17)8-13-12(14-10)15-4-6-18-7-5-15/h8H,2-7H2,1H3,(H,16,17). The Balaban J connectivity index is 2.26. The molecule has 1 fully saturated rings. The molecule has 1 aromatic rings. The van der Waals surface area contributed by atoms with Crippen LogP contribution in [0.2, 0.25) is 0 Å². The minimum absolute atomic E-state index is 0.203. The second kappa shape index (κ2) is 5.77. The number of ether oxygens (including phenoxy) is 1. The SMILES string of the molecule is CCCc1nc(N2CCOCC2)ncc1C(=O)O. The van der Waals surface area contributed by atoms with Crippen LogP contribution >= 0.6 is 0 Å². The molecule has 18 heavy (non-hydrogen) atoms. The summed E-state index contributed by atoms with van der Waals surface area (Å²) in [7, 11) is 0. The molecular formula is C12H17N3O3. The average molecular weight is 251 g/mol. The minimum Gasteiger partial charge on any atom is -0.478 e. The van der Waals surface area contributed by atoms with Crippen molar-refractivity contribution in [1.29, 1.82) is 0 Å². The van der Waals surface area contributed by atoms with Crippen LogP contribution in [0.5, 0.6) is 0 Å². The van der Waals surface area contributed by atoms with E-state index in [0.717, 1.165) is 19.5 Å². The quantitative estimate of drug-likeness (QED) is 0.859. The lowest BCUT2D eigenvalue weighted by molar-refractivity contribution is 0.0694. The number of carboxylic acid groups (broad SMARTS) is 1. The molecule has 1 aliphatic heterocycles. The van der Waals surface area contributed by atoms with E-state index in [1.165, 1.54) is 6.20 Å². The smallest absolute Gasteiger partial charge is 0.339 e. The zero-order chi connectivity index (χ0) is 13.0. The number of carboxylic acids is 1. The van der Waals surface area contributed by atoms with Gasteiger partial charge < -0.3 is 14.7 Å². The molecule has 6 nitrogen and oxygen atoms in total. The third kappa shape index (κ3) is 2.76. The summed E-state index contributed by atoms with van der Waals surface area (Å²) in [6.07, 6.45) is 2.92. The predicted molar refractivity (Wildman–Crippen MR) is 66.0 cm³/mol. The van der Waals surface area contributed by atoms with Crippen LogP contribution in [0.25, 0.3) is 0 Å². The van der Waals surface area contributed by atoms with Crippen molar-refractivity contribution in [3.8, 4) is 0 Å². The number of hydrogen-bond donors (Lipinski definition) is 1. The molecule has 0 bridgehead atoms. The topological polar surface area (TPSA) is 75.5 Å². The first-order chi connectivity index (χ1) is 8.72. The largest absolute Gasteiger partial charge is 0.478 e. The van der Waals surface area contributed by atoms with Crippen LogP contribution in [-0.2, 0) is 11.2 Å². The zero-order valence-corrected chi connectivity index (χ0v) is 10.4. The van der Waals surface area contributed by atoms with Crippen molar-refractivity contribution in [2.24, 2.45) is 0 Å². The fraction of sp³-hybridized carbons (Fsp3) is 0.583. The van der Waals surface area contributed by atoms with Crippen LogP contribution in [0.1, 0.15) is 29.4 Å². The Hall–Kier alpha value is -1.69. The van der Waals surface area contributed by atoms with Crippen LogP contribution in [0.3, 0.4) is 0 Å². The number of aryl methyl sites for hydroxylation is 1. The first kappa shape index (κ1) is 12.8. The number of rotatable bonds is 4. The Morgan fingerprint density at radius 1 is 1.50 bits per heavy atom. The average Bonchev–Trinajstić information content (AvgIpc) is 2.40. The van der Waals surface area contributed by atoms with Gasteiger partial charge in [0.1, 0.15) is 0 Å². The van der Waals surface area contributed by atoms with Gasteiger partial charge in [0.15, 0.2) is 0 Å². The molecule has 6 heteroatoms. The summed E-state index contributed by atoms with van der Waals surface area (Å²) in [5, 5.41) is 9.08. The summed E-state index contributed by atoms with van der Waals surface area (Å²) in [5.74, 6) is -0.362. The van der Waals surface area contributed by atoms with Gasteiger partial charge in [-0.2, -0.15) is 0 Å². The number of nitrogens with zero attached hydrogens (tertiary/aromatic N) is 3. The van der Waals surface area contributed by atoms with Crippen LogP contribution < -0.4 is 4.90 Å². The highest BCUT2D eigenvalue weighted by molar-refractivity contribution is 5.88. The maximum atomic E-state index is 11.1. The molecular weight excluding hydrogens is 234 g/mol. The van der Waals surface area contributed by atoms with Gasteiger partial charge in [-0.05, 0) is 6.42 Å². The molecule has 0 aliphatic carbocycles. The van der Waals surface area contributed by atoms with Crippen LogP contribution in [-0.4, -0.2) is 47.3 Å². The number of hydrogen-bond acceptors (Lipinski definition) is 5. The van der Waals surface area contributed by atoms with E-state index >= 15 is 0 Å². The monoisotopic (exact) mass is 251 g/mol. The predicted octanol–water partition coefficient (Wildman–Crippen LogP) is 0.964. The zero-order valence-electron chi connectivity index (χ0n) is 10.4. The number of carbonyl (C=O) groups is 1. The van der Waals surface area contributed by atoms with Crippen LogP contribution in [0, 0.1) is 0 Å². The molecule has 2 rings (SSSR count). The third-order valence-corrected chi connectivity index (χ3v) is 2.87. The van der Waals surface area contributed by atoms with E-state index in [0.29, 0.717) is 31.3 Å².